The summed E-state index contributed by atoms with van der Waals surface area (Å²) in [6.45, 7) is 0.223. The molecule has 0 aromatic heterocycles. The Morgan fingerprint density at radius 2 is 1.79 bits per heavy atom. The van der Waals surface area contributed by atoms with Gasteiger partial charge in [0.25, 0.3) is 11.6 Å². The number of benzene rings is 2. The van der Waals surface area contributed by atoms with Crippen molar-refractivity contribution in [3.05, 3.63) is 51.6 Å². The number of carbonyl (C=O) groups is 1. The average Bonchev–Trinajstić information content (AvgIpc) is 2.71. The third-order valence-electron chi connectivity index (χ3n) is 4.16. The van der Waals surface area contributed by atoms with E-state index in [9.17, 15) is 14.9 Å². The van der Waals surface area contributed by atoms with Gasteiger partial charge in [0.15, 0.2) is 11.5 Å². The van der Waals surface area contributed by atoms with Crippen LogP contribution in [0.4, 0.5) is 5.69 Å². The topological polar surface area (TPSA) is 91.1 Å². The maximum atomic E-state index is 12.8. The second-order valence-corrected chi connectivity index (χ2v) is 6.65. The maximum Gasteiger partial charge on any atom is 0.283 e. The van der Waals surface area contributed by atoms with Gasteiger partial charge < -0.3 is 19.1 Å². The lowest BCUT2D eigenvalue weighted by molar-refractivity contribution is -0.387. The quantitative estimate of drug-likeness (QED) is 0.376. The maximum absolute atomic E-state index is 12.8. The van der Waals surface area contributed by atoms with Crippen LogP contribution in [-0.4, -0.2) is 50.4 Å². The summed E-state index contributed by atoms with van der Waals surface area (Å²) in [6.07, 6.45) is 1.75. The molecule has 0 saturated heterocycles. The molecule has 2 aromatic carbocycles. The van der Waals surface area contributed by atoms with Crippen LogP contribution in [0, 0.1) is 10.1 Å². The molecule has 0 radical (unpaired) electrons. The number of methoxy groups -OCH3 is 3. The summed E-state index contributed by atoms with van der Waals surface area (Å²) in [5.41, 5.74) is 0.869. The van der Waals surface area contributed by atoms with Gasteiger partial charge in [0.2, 0.25) is 5.75 Å². The van der Waals surface area contributed by atoms with Gasteiger partial charge >= 0.3 is 0 Å². The molecule has 0 spiro atoms. The Hall–Kier alpha value is -2.94. The van der Waals surface area contributed by atoms with Crippen molar-refractivity contribution in [2.75, 3.05) is 34.6 Å². The first kappa shape index (κ1) is 21.4. The van der Waals surface area contributed by atoms with Crippen molar-refractivity contribution in [1.82, 2.24) is 4.90 Å². The SMILES string of the molecule is COc1ccc(CN(C)C(=O)c2ccc(SC)c([N+](=O)[O-])c2)c(OC)c1OC. The first-order valence-electron chi connectivity index (χ1n) is 8.23. The van der Waals surface area contributed by atoms with Crippen molar-refractivity contribution in [3.63, 3.8) is 0 Å². The van der Waals surface area contributed by atoms with Crippen molar-refractivity contribution < 1.29 is 23.9 Å². The van der Waals surface area contributed by atoms with E-state index in [4.69, 9.17) is 14.2 Å². The van der Waals surface area contributed by atoms with Crippen LogP contribution in [0.15, 0.2) is 35.2 Å². The normalized spacial score (nSPS) is 10.3. The lowest BCUT2D eigenvalue weighted by atomic mass is 10.1. The third kappa shape index (κ3) is 4.30. The van der Waals surface area contributed by atoms with Gasteiger partial charge in [0.1, 0.15) is 0 Å². The summed E-state index contributed by atoms with van der Waals surface area (Å²) in [7, 11) is 6.16. The van der Waals surface area contributed by atoms with E-state index in [-0.39, 0.29) is 23.7 Å². The number of carbonyl (C=O) groups excluding carboxylic acids is 1. The second kappa shape index (κ2) is 9.32. The minimum Gasteiger partial charge on any atom is -0.493 e. The predicted molar refractivity (Wildman–Crippen MR) is 107 cm³/mol. The molecular formula is C19H22N2O6S. The lowest BCUT2D eigenvalue weighted by Crippen LogP contribution is -2.26. The molecule has 2 aromatic rings. The third-order valence-corrected chi connectivity index (χ3v) is 4.95. The number of nitro benzene ring substituents is 1. The number of thioether (sulfide) groups is 1. The number of ether oxygens (including phenoxy) is 3. The average molecular weight is 406 g/mol. The van der Waals surface area contributed by atoms with Crippen LogP contribution in [0.1, 0.15) is 15.9 Å². The molecular weight excluding hydrogens is 384 g/mol. The van der Waals surface area contributed by atoms with Gasteiger partial charge in [-0.1, -0.05) is 0 Å². The minimum atomic E-state index is -0.486. The zero-order valence-corrected chi connectivity index (χ0v) is 17.2. The molecule has 0 aliphatic carbocycles. The summed E-state index contributed by atoms with van der Waals surface area (Å²) in [5.74, 6) is 1.07. The Kier molecular flexibility index (Phi) is 7.11. The van der Waals surface area contributed by atoms with Gasteiger partial charge in [0, 0.05) is 30.8 Å². The second-order valence-electron chi connectivity index (χ2n) is 5.80. The molecule has 0 heterocycles. The summed E-state index contributed by atoms with van der Waals surface area (Å²) in [4.78, 5) is 25.5. The number of hydrogen-bond donors (Lipinski definition) is 0. The number of rotatable bonds is 8. The Balaban J connectivity index is 2.33. The molecule has 150 valence electrons. The van der Waals surface area contributed by atoms with E-state index in [1.165, 1.54) is 44.1 Å². The molecule has 0 N–H and O–H groups in total. The van der Waals surface area contributed by atoms with E-state index >= 15 is 0 Å². The smallest absolute Gasteiger partial charge is 0.283 e. The monoisotopic (exact) mass is 406 g/mol. The lowest BCUT2D eigenvalue weighted by Gasteiger charge is -2.21. The van der Waals surface area contributed by atoms with E-state index in [2.05, 4.69) is 0 Å². The van der Waals surface area contributed by atoms with Gasteiger partial charge in [-0.05, 0) is 30.5 Å². The van der Waals surface area contributed by atoms with E-state index in [0.29, 0.717) is 27.7 Å². The summed E-state index contributed by atoms with van der Waals surface area (Å²) in [6, 6.07) is 7.98. The van der Waals surface area contributed by atoms with Gasteiger partial charge in [0.05, 0.1) is 31.1 Å². The van der Waals surface area contributed by atoms with Gasteiger partial charge in [-0.25, -0.2) is 0 Å². The highest BCUT2D eigenvalue weighted by atomic mass is 32.2. The fraction of sp³-hybridized carbons (Fsp3) is 0.316. The van der Waals surface area contributed by atoms with Crippen LogP contribution in [0.25, 0.3) is 0 Å². The largest absolute Gasteiger partial charge is 0.493 e. The molecule has 28 heavy (non-hydrogen) atoms. The number of amides is 1. The fourth-order valence-corrected chi connectivity index (χ4v) is 3.35. The van der Waals surface area contributed by atoms with Crippen molar-refractivity contribution in [2.45, 2.75) is 11.4 Å². The molecule has 9 heteroatoms. The number of hydrogen-bond acceptors (Lipinski definition) is 7. The molecule has 0 aliphatic rings. The molecule has 0 unspecified atom stereocenters. The first-order valence-corrected chi connectivity index (χ1v) is 9.46. The Morgan fingerprint density at radius 1 is 1.11 bits per heavy atom. The first-order chi connectivity index (χ1) is 13.4. The highest BCUT2D eigenvalue weighted by Gasteiger charge is 2.22. The Labute approximate surface area is 167 Å². The van der Waals surface area contributed by atoms with E-state index in [1.807, 2.05) is 0 Å². The number of nitrogens with zero attached hydrogens (tertiary/aromatic N) is 2. The Morgan fingerprint density at radius 3 is 2.32 bits per heavy atom. The standard InChI is InChI=1S/C19H22N2O6S/c1-20(11-13-6-8-15(25-2)18(27-4)17(13)26-3)19(22)12-7-9-16(28-5)14(10-12)21(23)24/h6-10H,11H2,1-5H3. The molecule has 1 amide bonds. The van der Waals surface area contributed by atoms with Crippen molar-refractivity contribution in [3.8, 4) is 17.2 Å². The van der Waals surface area contributed by atoms with Crippen molar-refractivity contribution in [1.29, 1.82) is 0 Å². The molecule has 0 atom stereocenters. The van der Waals surface area contributed by atoms with E-state index < -0.39 is 4.92 Å². The van der Waals surface area contributed by atoms with Crippen LogP contribution in [0.2, 0.25) is 0 Å². The van der Waals surface area contributed by atoms with Crippen LogP contribution in [0.3, 0.4) is 0 Å². The molecule has 8 nitrogen and oxygen atoms in total. The molecule has 0 bridgehead atoms. The predicted octanol–water partition coefficient (Wildman–Crippen LogP) is 3.61. The highest BCUT2D eigenvalue weighted by molar-refractivity contribution is 7.98. The van der Waals surface area contributed by atoms with Crippen LogP contribution in [-0.2, 0) is 6.54 Å². The van der Waals surface area contributed by atoms with Gasteiger partial charge in [-0.3, -0.25) is 14.9 Å². The highest BCUT2D eigenvalue weighted by Crippen LogP contribution is 2.40. The molecule has 0 aliphatic heterocycles. The molecule has 0 saturated carbocycles. The summed E-state index contributed by atoms with van der Waals surface area (Å²) in [5, 5.41) is 11.3. The number of nitro groups is 1. The zero-order valence-electron chi connectivity index (χ0n) is 16.3. The van der Waals surface area contributed by atoms with E-state index in [1.54, 1.807) is 37.6 Å². The molecule has 0 fully saturated rings. The van der Waals surface area contributed by atoms with Gasteiger partial charge in [-0.15, -0.1) is 11.8 Å². The Bertz CT molecular complexity index is 887. The minimum absolute atomic E-state index is 0.0875. The summed E-state index contributed by atoms with van der Waals surface area (Å²) >= 11 is 1.26. The fourth-order valence-electron chi connectivity index (χ4n) is 2.80. The van der Waals surface area contributed by atoms with Gasteiger partial charge in [-0.2, -0.15) is 0 Å². The zero-order chi connectivity index (χ0) is 20.8. The summed E-state index contributed by atoms with van der Waals surface area (Å²) < 4.78 is 16.1. The van der Waals surface area contributed by atoms with E-state index in [0.717, 1.165) is 0 Å². The van der Waals surface area contributed by atoms with Crippen molar-refractivity contribution >= 4 is 23.4 Å². The molecule has 2 rings (SSSR count). The van der Waals surface area contributed by atoms with Crippen molar-refractivity contribution in [2.24, 2.45) is 0 Å². The van der Waals surface area contributed by atoms with Crippen LogP contribution in [0.5, 0.6) is 17.2 Å². The van der Waals surface area contributed by atoms with Crippen LogP contribution < -0.4 is 14.2 Å². The van der Waals surface area contributed by atoms with Crippen LogP contribution >= 0.6 is 11.8 Å².